The highest BCUT2D eigenvalue weighted by Gasteiger charge is 2.19. The van der Waals surface area contributed by atoms with E-state index in [0.29, 0.717) is 6.42 Å². The summed E-state index contributed by atoms with van der Waals surface area (Å²) in [6, 6.07) is 7.65. The lowest BCUT2D eigenvalue weighted by Gasteiger charge is -2.08. The molecule has 0 heterocycles. The number of nitrogens with one attached hydrogen (secondary N) is 1. The Balaban J connectivity index is 2.93. The van der Waals surface area contributed by atoms with Crippen LogP contribution in [0.25, 0.3) is 0 Å². The molecule has 0 bridgehead atoms. The van der Waals surface area contributed by atoms with Crippen molar-refractivity contribution >= 4 is 17.3 Å². The van der Waals surface area contributed by atoms with Gasteiger partial charge in [-0.25, -0.2) is 0 Å². The molecule has 0 aliphatic carbocycles. The number of carbonyl (C=O) groups is 1. The summed E-state index contributed by atoms with van der Waals surface area (Å²) in [4.78, 5) is 21.7. The number of nitrogens with zero attached hydrogens (tertiary/aromatic N) is 2. The first-order valence-electron chi connectivity index (χ1n) is 5.04. The van der Waals surface area contributed by atoms with Crippen molar-refractivity contribution in [1.29, 1.82) is 5.26 Å². The van der Waals surface area contributed by atoms with E-state index in [0.717, 1.165) is 0 Å². The number of benzene rings is 1. The van der Waals surface area contributed by atoms with Crippen molar-refractivity contribution in [3.8, 4) is 6.07 Å². The Labute approximate surface area is 98.0 Å². The number of nitro benzene ring substituents is 1. The normalized spacial score (nSPS) is 11.3. The van der Waals surface area contributed by atoms with Gasteiger partial charge in [-0.2, -0.15) is 5.26 Å². The molecule has 6 heteroatoms. The van der Waals surface area contributed by atoms with E-state index in [1.54, 1.807) is 13.0 Å². The lowest BCUT2D eigenvalue weighted by Crippen LogP contribution is -2.21. The van der Waals surface area contributed by atoms with E-state index >= 15 is 0 Å². The fourth-order valence-corrected chi connectivity index (χ4v) is 1.29. The Hall–Kier alpha value is -2.42. The van der Waals surface area contributed by atoms with E-state index in [1.165, 1.54) is 18.2 Å². The molecular formula is C11H11N3O3. The third-order valence-electron chi connectivity index (χ3n) is 2.24. The van der Waals surface area contributed by atoms with Crippen LogP contribution in [0, 0.1) is 27.4 Å². The highest BCUT2D eigenvalue weighted by atomic mass is 16.6. The molecule has 1 amide bonds. The van der Waals surface area contributed by atoms with Gasteiger partial charge in [-0.3, -0.25) is 14.9 Å². The van der Waals surface area contributed by atoms with Gasteiger partial charge in [0, 0.05) is 6.07 Å². The van der Waals surface area contributed by atoms with Crippen molar-refractivity contribution in [3.05, 3.63) is 34.4 Å². The average molecular weight is 233 g/mol. The quantitative estimate of drug-likeness (QED) is 0.636. The molecule has 1 N–H and O–H groups in total. The summed E-state index contributed by atoms with van der Waals surface area (Å²) in [7, 11) is 0. The monoisotopic (exact) mass is 233 g/mol. The topological polar surface area (TPSA) is 96.0 Å². The van der Waals surface area contributed by atoms with Crippen LogP contribution in [-0.4, -0.2) is 10.8 Å². The van der Waals surface area contributed by atoms with Gasteiger partial charge in [-0.15, -0.1) is 0 Å². The van der Waals surface area contributed by atoms with E-state index in [4.69, 9.17) is 5.26 Å². The summed E-state index contributed by atoms with van der Waals surface area (Å²) in [6.07, 6.45) is 0.364. The second-order valence-corrected chi connectivity index (χ2v) is 3.35. The lowest BCUT2D eigenvalue weighted by molar-refractivity contribution is -0.383. The van der Waals surface area contributed by atoms with Crippen LogP contribution < -0.4 is 5.32 Å². The van der Waals surface area contributed by atoms with Gasteiger partial charge in [0.25, 0.3) is 5.69 Å². The van der Waals surface area contributed by atoms with Gasteiger partial charge in [-0.05, 0) is 12.5 Å². The summed E-state index contributed by atoms with van der Waals surface area (Å²) < 4.78 is 0. The molecule has 1 rings (SSSR count). The second kappa shape index (κ2) is 5.61. The smallest absolute Gasteiger partial charge is 0.292 e. The van der Waals surface area contributed by atoms with Gasteiger partial charge >= 0.3 is 0 Å². The highest BCUT2D eigenvalue weighted by molar-refractivity contribution is 5.95. The van der Waals surface area contributed by atoms with Gasteiger partial charge in [0.1, 0.15) is 11.6 Å². The SMILES string of the molecule is CCC(C#N)C(=O)Nc1ccccc1[N+](=O)[O-]. The molecule has 1 atom stereocenters. The fourth-order valence-electron chi connectivity index (χ4n) is 1.29. The van der Waals surface area contributed by atoms with Crippen molar-refractivity contribution in [1.82, 2.24) is 0 Å². The van der Waals surface area contributed by atoms with Crippen LogP contribution in [0.4, 0.5) is 11.4 Å². The Kier molecular flexibility index (Phi) is 4.17. The lowest BCUT2D eigenvalue weighted by atomic mass is 10.1. The molecular weight excluding hydrogens is 222 g/mol. The van der Waals surface area contributed by atoms with Crippen LogP contribution in [0.2, 0.25) is 0 Å². The first-order chi connectivity index (χ1) is 8.10. The molecule has 1 aromatic rings. The van der Waals surface area contributed by atoms with Crippen LogP contribution in [0.3, 0.4) is 0 Å². The number of para-hydroxylation sites is 2. The van der Waals surface area contributed by atoms with Gasteiger partial charge in [0.15, 0.2) is 0 Å². The Morgan fingerprint density at radius 3 is 2.76 bits per heavy atom. The van der Waals surface area contributed by atoms with Crippen molar-refractivity contribution in [3.63, 3.8) is 0 Å². The van der Waals surface area contributed by atoms with E-state index in [-0.39, 0.29) is 11.4 Å². The van der Waals surface area contributed by atoms with Gasteiger partial charge in [0.05, 0.1) is 11.0 Å². The van der Waals surface area contributed by atoms with Gasteiger partial charge in [-0.1, -0.05) is 19.1 Å². The fraction of sp³-hybridized carbons (Fsp3) is 0.273. The zero-order valence-electron chi connectivity index (χ0n) is 9.21. The molecule has 0 radical (unpaired) electrons. The van der Waals surface area contributed by atoms with Crippen LogP contribution in [0.5, 0.6) is 0 Å². The van der Waals surface area contributed by atoms with Crippen molar-refractivity contribution in [2.75, 3.05) is 5.32 Å². The summed E-state index contributed by atoms with van der Waals surface area (Å²) in [5, 5.41) is 21.8. The predicted molar refractivity (Wildman–Crippen MR) is 61.1 cm³/mol. The predicted octanol–water partition coefficient (Wildman–Crippen LogP) is 2.08. The van der Waals surface area contributed by atoms with E-state index < -0.39 is 16.7 Å². The molecule has 0 fully saturated rings. The molecule has 0 saturated heterocycles. The Morgan fingerprint density at radius 2 is 2.24 bits per heavy atom. The molecule has 0 aromatic heterocycles. The van der Waals surface area contributed by atoms with Gasteiger partial charge in [0.2, 0.25) is 5.91 Å². The summed E-state index contributed by atoms with van der Waals surface area (Å²) in [6.45, 7) is 1.70. The average Bonchev–Trinajstić information content (AvgIpc) is 2.31. The zero-order chi connectivity index (χ0) is 12.8. The molecule has 0 spiro atoms. The summed E-state index contributed by atoms with van der Waals surface area (Å²) in [5.41, 5.74) is -0.0788. The molecule has 0 aliphatic rings. The van der Waals surface area contributed by atoms with Crippen molar-refractivity contribution < 1.29 is 9.72 Å². The van der Waals surface area contributed by atoms with E-state index in [9.17, 15) is 14.9 Å². The number of carbonyl (C=O) groups excluding carboxylic acids is 1. The standard InChI is InChI=1S/C11H11N3O3/c1-2-8(7-12)11(15)13-9-5-3-4-6-10(9)14(16)17/h3-6,8H,2H2,1H3,(H,13,15). The van der Waals surface area contributed by atoms with Crippen LogP contribution in [0.1, 0.15) is 13.3 Å². The Morgan fingerprint density at radius 1 is 1.59 bits per heavy atom. The van der Waals surface area contributed by atoms with E-state index in [2.05, 4.69) is 5.32 Å². The number of nitriles is 1. The molecule has 6 nitrogen and oxygen atoms in total. The Bertz CT molecular complexity index is 479. The van der Waals surface area contributed by atoms with Gasteiger partial charge < -0.3 is 5.32 Å². The maximum Gasteiger partial charge on any atom is 0.292 e. The van der Waals surface area contributed by atoms with Crippen LogP contribution in [0.15, 0.2) is 24.3 Å². The first-order valence-corrected chi connectivity index (χ1v) is 5.04. The maximum atomic E-state index is 11.6. The largest absolute Gasteiger partial charge is 0.319 e. The maximum absolute atomic E-state index is 11.6. The summed E-state index contributed by atoms with van der Waals surface area (Å²) in [5.74, 6) is -1.32. The number of rotatable bonds is 4. The molecule has 0 aliphatic heterocycles. The number of hydrogen-bond acceptors (Lipinski definition) is 4. The minimum atomic E-state index is -0.796. The number of amides is 1. The zero-order valence-corrected chi connectivity index (χ0v) is 9.21. The third kappa shape index (κ3) is 3.01. The highest BCUT2D eigenvalue weighted by Crippen LogP contribution is 2.23. The minimum Gasteiger partial charge on any atom is -0.319 e. The number of hydrogen-bond donors (Lipinski definition) is 1. The van der Waals surface area contributed by atoms with Crippen molar-refractivity contribution in [2.45, 2.75) is 13.3 Å². The number of nitro groups is 1. The van der Waals surface area contributed by atoms with Crippen molar-refractivity contribution in [2.24, 2.45) is 5.92 Å². The minimum absolute atomic E-state index is 0.108. The molecule has 88 valence electrons. The first kappa shape index (κ1) is 12.6. The molecule has 1 aromatic carbocycles. The third-order valence-corrected chi connectivity index (χ3v) is 2.24. The molecule has 17 heavy (non-hydrogen) atoms. The van der Waals surface area contributed by atoms with Crippen LogP contribution in [-0.2, 0) is 4.79 Å². The second-order valence-electron chi connectivity index (χ2n) is 3.35. The summed E-state index contributed by atoms with van der Waals surface area (Å²) >= 11 is 0. The van der Waals surface area contributed by atoms with Crippen LogP contribution >= 0.6 is 0 Å². The number of anilines is 1. The molecule has 1 unspecified atom stereocenters. The van der Waals surface area contributed by atoms with E-state index in [1.807, 2.05) is 6.07 Å². The molecule has 0 saturated carbocycles.